The van der Waals surface area contributed by atoms with Gasteiger partial charge in [-0.15, -0.1) is 0 Å². The summed E-state index contributed by atoms with van der Waals surface area (Å²) in [6.45, 7) is 0.835. The third-order valence-electron chi connectivity index (χ3n) is 4.12. The fourth-order valence-corrected chi connectivity index (χ4v) is 3.31. The fourth-order valence-electron chi connectivity index (χ4n) is 3.12. The molecule has 1 aliphatic heterocycles. The molecule has 0 unspecified atom stereocenters. The van der Waals surface area contributed by atoms with Gasteiger partial charge in [-0.1, -0.05) is 17.7 Å². The number of fused-ring (bicyclic) bond motifs is 2. The molecule has 0 saturated carbocycles. The van der Waals surface area contributed by atoms with Gasteiger partial charge in [-0.05, 0) is 36.8 Å². The standard InChI is InChI=1S/C17H14ClN3O/c1-20-9-7-14-15(22)13-6-3-8-19-16(13)21(17(14)20)12-5-2-4-11(18)10-12/h2-6,8,10H,7,9H2,1H3. The van der Waals surface area contributed by atoms with Gasteiger partial charge in [0.15, 0.2) is 5.43 Å². The summed E-state index contributed by atoms with van der Waals surface area (Å²) in [5, 5.41) is 1.31. The number of anilines is 1. The number of hydrogen-bond donors (Lipinski definition) is 0. The zero-order valence-corrected chi connectivity index (χ0v) is 12.8. The molecule has 0 amide bonds. The minimum absolute atomic E-state index is 0.0840. The lowest BCUT2D eigenvalue weighted by molar-refractivity contribution is 0.923. The van der Waals surface area contributed by atoms with Crippen molar-refractivity contribution in [3.05, 3.63) is 63.4 Å². The Labute approximate surface area is 132 Å². The number of halogens is 1. The first-order valence-corrected chi connectivity index (χ1v) is 7.54. The van der Waals surface area contributed by atoms with Crippen LogP contribution in [0, 0.1) is 0 Å². The quantitative estimate of drug-likeness (QED) is 0.693. The minimum Gasteiger partial charge on any atom is -0.360 e. The Hall–Kier alpha value is -2.33. The van der Waals surface area contributed by atoms with Crippen molar-refractivity contribution in [3.63, 3.8) is 0 Å². The summed E-state index contributed by atoms with van der Waals surface area (Å²) in [5.74, 6) is 0.915. The van der Waals surface area contributed by atoms with Crippen LogP contribution in [0.5, 0.6) is 0 Å². The van der Waals surface area contributed by atoms with E-state index in [4.69, 9.17) is 11.6 Å². The Bertz CT molecular complexity index is 948. The molecule has 0 fully saturated rings. The number of benzene rings is 1. The van der Waals surface area contributed by atoms with Gasteiger partial charge < -0.3 is 4.90 Å². The summed E-state index contributed by atoms with van der Waals surface area (Å²) in [5.41, 5.74) is 2.52. The summed E-state index contributed by atoms with van der Waals surface area (Å²) in [4.78, 5) is 19.3. The van der Waals surface area contributed by atoms with Crippen LogP contribution in [0.15, 0.2) is 47.4 Å². The second kappa shape index (κ2) is 4.85. The molecule has 0 radical (unpaired) electrons. The van der Waals surface area contributed by atoms with Crippen molar-refractivity contribution < 1.29 is 0 Å². The number of rotatable bonds is 1. The SMILES string of the molecule is CN1CCc2c1n(-c1cccc(Cl)c1)c1ncccc1c2=O. The molecule has 22 heavy (non-hydrogen) atoms. The Morgan fingerprint density at radius 3 is 2.91 bits per heavy atom. The molecule has 4 rings (SSSR count). The Morgan fingerprint density at radius 1 is 1.23 bits per heavy atom. The summed E-state index contributed by atoms with van der Waals surface area (Å²) in [6, 6.07) is 11.3. The number of nitrogens with zero attached hydrogens (tertiary/aromatic N) is 3. The van der Waals surface area contributed by atoms with Gasteiger partial charge in [0.25, 0.3) is 0 Å². The second-order valence-electron chi connectivity index (χ2n) is 5.49. The monoisotopic (exact) mass is 311 g/mol. The maximum atomic E-state index is 12.7. The molecule has 0 spiro atoms. The van der Waals surface area contributed by atoms with Gasteiger partial charge in [0.2, 0.25) is 0 Å². The van der Waals surface area contributed by atoms with Crippen molar-refractivity contribution in [1.82, 2.24) is 9.55 Å². The van der Waals surface area contributed by atoms with Crippen LogP contribution in [-0.2, 0) is 6.42 Å². The third kappa shape index (κ3) is 1.84. The van der Waals surface area contributed by atoms with Crippen LogP contribution in [0.3, 0.4) is 0 Å². The van der Waals surface area contributed by atoms with Gasteiger partial charge in [-0.2, -0.15) is 0 Å². The van der Waals surface area contributed by atoms with Gasteiger partial charge >= 0.3 is 0 Å². The first-order valence-electron chi connectivity index (χ1n) is 7.16. The maximum absolute atomic E-state index is 12.7. The van der Waals surface area contributed by atoms with Gasteiger partial charge in [-0.25, -0.2) is 4.98 Å². The van der Waals surface area contributed by atoms with E-state index in [-0.39, 0.29) is 5.43 Å². The van der Waals surface area contributed by atoms with Crippen molar-refractivity contribution in [2.45, 2.75) is 6.42 Å². The lowest BCUT2D eigenvalue weighted by atomic mass is 10.1. The van der Waals surface area contributed by atoms with Crippen LogP contribution in [0.4, 0.5) is 5.82 Å². The highest BCUT2D eigenvalue weighted by molar-refractivity contribution is 6.30. The lowest BCUT2D eigenvalue weighted by Gasteiger charge is -2.21. The average molecular weight is 312 g/mol. The van der Waals surface area contributed by atoms with E-state index >= 15 is 0 Å². The molecule has 0 aliphatic carbocycles. The first kappa shape index (κ1) is 13.3. The van der Waals surface area contributed by atoms with Crippen molar-refractivity contribution in [2.75, 3.05) is 18.5 Å². The molecule has 0 saturated heterocycles. The molecular weight excluding hydrogens is 298 g/mol. The molecule has 1 aliphatic rings. The summed E-state index contributed by atoms with van der Waals surface area (Å²) < 4.78 is 2.03. The average Bonchev–Trinajstić information content (AvgIpc) is 2.90. The van der Waals surface area contributed by atoms with E-state index in [0.29, 0.717) is 16.1 Å². The predicted octanol–water partition coefficient (Wildman–Crippen LogP) is 3.03. The smallest absolute Gasteiger partial charge is 0.196 e. The number of aromatic nitrogens is 2. The van der Waals surface area contributed by atoms with Crippen LogP contribution in [-0.4, -0.2) is 23.1 Å². The highest BCUT2D eigenvalue weighted by atomic mass is 35.5. The van der Waals surface area contributed by atoms with E-state index in [9.17, 15) is 4.79 Å². The van der Waals surface area contributed by atoms with E-state index in [0.717, 1.165) is 30.0 Å². The van der Waals surface area contributed by atoms with Crippen LogP contribution in [0.1, 0.15) is 5.56 Å². The van der Waals surface area contributed by atoms with Crippen LogP contribution in [0.25, 0.3) is 16.7 Å². The molecule has 3 aromatic rings. The number of likely N-dealkylation sites (N-methyl/N-ethyl adjacent to an activating group) is 1. The molecule has 3 heterocycles. The molecule has 5 heteroatoms. The molecule has 2 aromatic heterocycles. The van der Waals surface area contributed by atoms with Crippen LogP contribution < -0.4 is 10.3 Å². The Kier molecular flexibility index (Phi) is 2.94. The zero-order chi connectivity index (χ0) is 15.3. The van der Waals surface area contributed by atoms with Gasteiger partial charge in [-0.3, -0.25) is 9.36 Å². The highest BCUT2D eigenvalue weighted by Crippen LogP contribution is 2.31. The largest absolute Gasteiger partial charge is 0.360 e. The molecule has 0 bridgehead atoms. The van der Waals surface area contributed by atoms with E-state index in [1.807, 2.05) is 41.9 Å². The second-order valence-corrected chi connectivity index (χ2v) is 5.93. The van der Waals surface area contributed by atoms with Crippen molar-refractivity contribution >= 4 is 28.5 Å². The van der Waals surface area contributed by atoms with Gasteiger partial charge in [0, 0.05) is 30.4 Å². The normalized spacial score (nSPS) is 13.6. The number of hydrogen-bond acceptors (Lipinski definition) is 3. The topological polar surface area (TPSA) is 38.1 Å². The summed E-state index contributed by atoms with van der Waals surface area (Å²) >= 11 is 6.16. The Balaban J connectivity index is 2.20. The zero-order valence-electron chi connectivity index (χ0n) is 12.1. The fraction of sp³-hybridized carbons (Fsp3) is 0.176. The van der Waals surface area contributed by atoms with Crippen molar-refractivity contribution in [3.8, 4) is 5.69 Å². The van der Waals surface area contributed by atoms with E-state index in [1.165, 1.54) is 0 Å². The number of pyridine rings is 2. The van der Waals surface area contributed by atoms with E-state index < -0.39 is 0 Å². The summed E-state index contributed by atoms with van der Waals surface area (Å²) in [6.07, 6.45) is 2.47. The van der Waals surface area contributed by atoms with Crippen molar-refractivity contribution in [1.29, 1.82) is 0 Å². The van der Waals surface area contributed by atoms with Crippen LogP contribution >= 0.6 is 11.6 Å². The predicted molar refractivity (Wildman–Crippen MR) is 89.3 cm³/mol. The minimum atomic E-state index is 0.0840. The molecule has 0 atom stereocenters. The third-order valence-corrected chi connectivity index (χ3v) is 4.36. The molecule has 4 nitrogen and oxygen atoms in total. The maximum Gasteiger partial charge on any atom is 0.196 e. The van der Waals surface area contributed by atoms with Gasteiger partial charge in [0.1, 0.15) is 11.5 Å². The van der Waals surface area contributed by atoms with E-state index in [2.05, 4.69) is 9.88 Å². The van der Waals surface area contributed by atoms with Crippen molar-refractivity contribution in [2.24, 2.45) is 0 Å². The van der Waals surface area contributed by atoms with Gasteiger partial charge in [0.05, 0.1) is 11.1 Å². The lowest BCUT2D eigenvalue weighted by Crippen LogP contribution is -2.20. The van der Waals surface area contributed by atoms with E-state index in [1.54, 1.807) is 12.3 Å². The highest BCUT2D eigenvalue weighted by Gasteiger charge is 2.26. The Morgan fingerprint density at radius 2 is 2.09 bits per heavy atom. The molecule has 110 valence electrons. The van der Waals surface area contributed by atoms with Crippen LogP contribution in [0.2, 0.25) is 5.02 Å². The molecular formula is C17H14ClN3O. The summed E-state index contributed by atoms with van der Waals surface area (Å²) in [7, 11) is 2.00. The molecule has 0 N–H and O–H groups in total. The first-order chi connectivity index (χ1) is 10.7. The molecule has 1 aromatic carbocycles.